The van der Waals surface area contributed by atoms with Gasteiger partial charge in [-0.3, -0.25) is 9.59 Å². The number of amides is 2. The molecule has 8 heteroatoms. The number of carbonyl (C=O) groups is 2. The fourth-order valence-corrected chi connectivity index (χ4v) is 4.03. The molecule has 0 heterocycles. The van der Waals surface area contributed by atoms with Gasteiger partial charge in [0.2, 0.25) is 10.0 Å². The number of sulfonamides is 1. The van der Waals surface area contributed by atoms with Gasteiger partial charge in [0.05, 0.1) is 5.25 Å². The first-order valence-electron chi connectivity index (χ1n) is 7.45. The first kappa shape index (κ1) is 17.3. The number of rotatable bonds is 6. The molecular formula is C15H20N2O5S. The monoisotopic (exact) mass is 340 g/mol. The van der Waals surface area contributed by atoms with Crippen molar-refractivity contribution in [3.8, 4) is 5.75 Å². The Labute approximate surface area is 135 Å². The Kier molecular flexibility index (Phi) is 5.59. The number of benzene rings is 1. The van der Waals surface area contributed by atoms with Crippen LogP contribution in [-0.2, 0) is 14.8 Å². The third-order valence-electron chi connectivity index (χ3n) is 3.70. The average Bonchev–Trinajstić information content (AvgIpc) is 2.53. The van der Waals surface area contributed by atoms with Gasteiger partial charge in [0.15, 0.2) is 6.61 Å². The number of carbonyl (C=O) groups excluding carboxylic acids is 2. The molecule has 1 saturated carbocycles. The Bertz CT molecular complexity index is 681. The normalized spacial score (nSPS) is 15.8. The van der Waals surface area contributed by atoms with Gasteiger partial charge in [-0.1, -0.05) is 25.3 Å². The van der Waals surface area contributed by atoms with Crippen LogP contribution in [-0.4, -0.2) is 32.1 Å². The van der Waals surface area contributed by atoms with Crippen molar-refractivity contribution in [3.05, 3.63) is 29.8 Å². The van der Waals surface area contributed by atoms with E-state index in [-0.39, 0.29) is 17.9 Å². The Hall–Kier alpha value is -2.09. The maximum Gasteiger partial charge on any atom is 0.264 e. The van der Waals surface area contributed by atoms with Crippen molar-refractivity contribution in [2.75, 3.05) is 6.61 Å². The minimum atomic E-state index is -3.68. The predicted molar refractivity (Wildman–Crippen MR) is 84.4 cm³/mol. The van der Waals surface area contributed by atoms with Gasteiger partial charge in [0, 0.05) is 5.56 Å². The van der Waals surface area contributed by atoms with Crippen LogP contribution in [0.5, 0.6) is 5.75 Å². The lowest BCUT2D eigenvalue weighted by atomic mass is 10.0. The fraction of sp³-hybridized carbons (Fsp3) is 0.467. The molecule has 0 saturated heterocycles. The molecule has 0 aromatic heterocycles. The summed E-state index contributed by atoms with van der Waals surface area (Å²) >= 11 is 0. The SMILES string of the molecule is NC(=O)COc1cccc(C(=O)NS(=O)(=O)C2CCCCC2)c1. The quantitative estimate of drug-likeness (QED) is 0.799. The van der Waals surface area contributed by atoms with E-state index in [9.17, 15) is 18.0 Å². The van der Waals surface area contributed by atoms with Crippen LogP contribution in [0.2, 0.25) is 0 Å². The van der Waals surface area contributed by atoms with Gasteiger partial charge < -0.3 is 10.5 Å². The summed E-state index contributed by atoms with van der Waals surface area (Å²) in [7, 11) is -3.68. The lowest BCUT2D eigenvalue weighted by molar-refractivity contribution is -0.119. The van der Waals surface area contributed by atoms with Crippen LogP contribution in [0.4, 0.5) is 0 Å². The maximum atomic E-state index is 12.2. The summed E-state index contributed by atoms with van der Waals surface area (Å²) in [6, 6.07) is 5.94. The molecule has 2 amide bonds. The van der Waals surface area contributed by atoms with Crippen molar-refractivity contribution in [2.24, 2.45) is 5.73 Å². The molecule has 1 aromatic rings. The topological polar surface area (TPSA) is 116 Å². The van der Waals surface area contributed by atoms with Gasteiger partial charge >= 0.3 is 0 Å². The Morgan fingerprint density at radius 1 is 1.22 bits per heavy atom. The van der Waals surface area contributed by atoms with Gasteiger partial charge in [-0.2, -0.15) is 0 Å². The van der Waals surface area contributed by atoms with Gasteiger partial charge in [-0.05, 0) is 31.0 Å². The number of nitrogens with two attached hydrogens (primary N) is 1. The van der Waals surface area contributed by atoms with Crippen LogP contribution < -0.4 is 15.2 Å². The second-order valence-corrected chi connectivity index (χ2v) is 7.48. The maximum absolute atomic E-state index is 12.2. The third-order valence-corrected chi connectivity index (χ3v) is 5.52. The summed E-state index contributed by atoms with van der Waals surface area (Å²) < 4.78 is 31.7. The van der Waals surface area contributed by atoms with Crippen molar-refractivity contribution in [1.82, 2.24) is 4.72 Å². The summed E-state index contributed by atoms with van der Waals surface area (Å²) in [5, 5.41) is -0.519. The second kappa shape index (κ2) is 7.45. The average molecular weight is 340 g/mol. The minimum Gasteiger partial charge on any atom is -0.484 e. The zero-order valence-corrected chi connectivity index (χ0v) is 13.5. The van der Waals surface area contributed by atoms with Crippen molar-refractivity contribution < 1.29 is 22.7 Å². The molecule has 126 valence electrons. The van der Waals surface area contributed by atoms with Crippen molar-refractivity contribution in [3.63, 3.8) is 0 Å². The van der Waals surface area contributed by atoms with Crippen molar-refractivity contribution in [1.29, 1.82) is 0 Å². The van der Waals surface area contributed by atoms with Crippen LogP contribution in [0, 0.1) is 0 Å². The van der Waals surface area contributed by atoms with Crippen LogP contribution in [0.3, 0.4) is 0 Å². The number of nitrogens with one attached hydrogen (secondary N) is 1. The predicted octanol–water partition coefficient (Wildman–Crippen LogP) is 0.943. The Balaban J connectivity index is 2.05. The molecule has 0 bridgehead atoms. The Morgan fingerprint density at radius 2 is 1.91 bits per heavy atom. The highest BCUT2D eigenvalue weighted by atomic mass is 32.2. The lowest BCUT2D eigenvalue weighted by Gasteiger charge is -2.21. The first-order chi connectivity index (χ1) is 10.9. The van der Waals surface area contributed by atoms with E-state index in [0.717, 1.165) is 19.3 Å². The number of primary amides is 1. The fourth-order valence-electron chi connectivity index (χ4n) is 2.53. The standard InChI is InChI=1S/C15H20N2O5S/c16-14(18)10-22-12-6-4-5-11(9-12)15(19)17-23(20,21)13-7-2-1-3-8-13/h4-6,9,13H,1-3,7-8,10H2,(H2,16,18)(H,17,19). The van der Waals surface area contributed by atoms with E-state index in [1.165, 1.54) is 12.1 Å². The summed E-state index contributed by atoms with van der Waals surface area (Å²) in [5.41, 5.74) is 5.13. The zero-order valence-electron chi connectivity index (χ0n) is 12.7. The number of ether oxygens (including phenoxy) is 1. The van der Waals surface area contributed by atoms with Gasteiger partial charge in [0.25, 0.3) is 11.8 Å². The van der Waals surface area contributed by atoms with E-state index < -0.39 is 27.1 Å². The number of hydrogen-bond donors (Lipinski definition) is 2. The van der Waals surface area contributed by atoms with Crippen molar-refractivity contribution >= 4 is 21.8 Å². The van der Waals surface area contributed by atoms with E-state index in [1.54, 1.807) is 12.1 Å². The molecule has 0 aliphatic heterocycles. The van der Waals surface area contributed by atoms with Gasteiger partial charge in [-0.15, -0.1) is 0 Å². The molecule has 7 nitrogen and oxygen atoms in total. The highest BCUT2D eigenvalue weighted by molar-refractivity contribution is 7.90. The van der Waals surface area contributed by atoms with E-state index >= 15 is 0 Å². The van der Waals surface area contributed by atoms with Crippen LogP contribution in [0.25, 0.3) is 0 Å². The molecule has 1 aliphatic rings. The first-order valence-corrected chi connectivity index (χ1v) is 9.00. The summed E-state index contributed by atoms with van der Waals surface area (Å²) in [5.74, 6) is -1.08. The highest BCUT2D eigenvalue weighted by Crippen LogP contribution is 2.23. The summed E-state index contributed by atoms with van der Waals surface area (Å²) in [6.07, 6.45) is 3.89. The highest BCUT2D eigenvalue weighted by Gasteiger charge is 2.29. The second-order valence-electron chi connectivity index (χ2n) is 5.52. The molecule has 0 radical (unpaired) electrons. The summed E-state index contributed by atoms with van der Waals surface area (Å²) in [4.78, 5) is 22.8. The summed E-state index contributed by atoms with van der Waals surface area (Å²) in [6.45, 7) is -0.314. The molecular weight excluding hydrogens is 320 g/mol. The zero-order chi connectivity index (χ0) is 16.9. The van der Waals surface area contributed by atoms with E-state index in [0.29, 0.717) is 12.8 Å². The smallest absolute Gasteiger partial charge is 0.264 e. The largest absolute Gasteiger partial charge is 0.484 e. The van der Waals surface area contributed by atoms with Gasteiger partial charge in [0.1, 0.15) is 5.75 Å². The Morgan fingerprint density at radius 3 is 2.57 bits per heavy atom. The molecule has 1 aromatic carbocycles. The van der Waals surface area contributed by atoms with Crippen LogP contribution in [0.1, 0.15) is 42.5 Å². The molecule has 0 atom stereocenters. The number of hydrogen-bond acceptors (Lipinski definition) is 5. The van der Waals surface area contributed by atoms with E-state index in [1.807, 2.05) is 0 Å². The van der Waals surface area contributed by atoms with Gasteiger partial charge in [-0.25, -0.2) is 13.1 Å². The minimum absolute atomic E-state index is 0.145. The van der Waals surface area contributed by atoms with Crippen LogP contribution >= 0.6 is 0 Å². The molecule has 23 heavy (non-hydrogen) atoms. The van der Waals surface area contributed by atoms with E-state index in [4.69, 9.17) is 10.5 Å². The third kappa shape index (κ3) is 4.95. The molecule has 0 unspecified atom stereocenters. The molecule has 2 rings (SSSR count). The van der Waals surface area contributed by atoms with Crippen molar-refractivity contribution in [2.45, 2.75) is 37.4 Å². The molecule has 1 fully saturated rings. The lowest BCUT2D eigenvalue weighted by Crippen LogP contribution is -2.39. The van der Waals surface area contributed by atoms with E-state index in [2.05, 4.69) is 4.72 Å². The van der Waals surface area contributed by atoms with Crippen LogP contribution in [0.15, 0.2) is 24.3 Å². The molecule has 3 N–H and O–H groups in total. The molecule has 1 aliphatic carbocycles. The molecule has 0 spiro atoms.